The minimum absolute atomic E-state index is 0.175. The molecule has 0 radical (unpaired) electrons. The van der Waals surface area contributed by atoms with Gasteiger partial charge in [-0.1, -0.05) is 18.6 Å². The van der Waals surface area contributed by atoms with Crippen molar-refractivity contribution in [3.63, 3.8) is 0 Å². The van der Waals surface area contributed by atoms with Crippen LogP contribution in [0.3, 0.4) is 0 Å². The van der Waals surface area contributed by atoms with Crippen molar-refractivity contribution in [1.29, 1.82) is 0 Å². The Kier molecular flexibility index (Phi) is 4.02. The molecule has 0 aromatic heterocycles. The van der Waals surface area contributed by atoms with Crippen molar-refractivity contribution in [2.24, 2.45) is 5.92 Å². The van der Waals surface area contributed by atoms with Crippen LogP contribution in [0.25, 0.3) is 0 Å². The quantitative estimate of drug-likeness (QED) is 0.819. The third-order valence-electron chi connectivity index (χ3n) is 3.37. The largest absolute Gasteiger partial charge is 0.508 e. The van der Waals surface area contributed by atoms with Crippen molar-refractivity contribution >= 4 is 5.91 Å². The van der Waals surface area contributed by atoms with Crippen LogP contribution < -0.4 is 5.32 Å². The second-order valence-electron chi connectivity index (χ2n) is 4.77. The molecular weight excluding hydrogens is 214 g/mol. The molecule has 0 atom stereocenters. The van der Waals surface area contributed by atoms with Crippen LogP contribution in [0.15, 0.2) is 24.3 Å². The van der Waals surface area contributed by atoms with E-state index in [1.165, 1.54) is 19.3 Å². The van der Waals surface area contributed by atoms with E-state index in [2.05, 4.69) is 5.32 Å². The molecule has 0 saturated heterocycles. The molecule has 1 saturated carbocycles. The summed E-state index contributed by atoms with van der Waals surface area (Å²) >= 11 is 0. The maximum absolute atomic E-state index is 11.5. The molecule has 1 aromatic carbocycles. The highest BCUT2D eigenvalue weighted by Crippen LogP contribution is 2.28. The summed E-state index contributed by atoms with van der Waals surface area (Å²) in [4.78, 5) is 11.5. The Bertz CT molecular complexity index is 368. The van der Waals surface area contributed by atoms with Crippen LogP contribution in [-0.4, -0.2) is 17.6 Å². The Morgan fingerprint density at radius 3 is 2.59 bits per heavy atom. The van der Waals surface area contributed by atoms with Gasteiger partial charge in [0, 0.05) is 13.0 Å². The molecular formula is C14H19NO2. The number of nitrogens with one attached hydrogen (secondary N) is 1. The minimum Gasteiger partial charge on any atom is -0.508 e. The number of rotatable bonds is 5. The van der Waals surface area contributed by atoms with E-state index in [0.717, 1.165) is 12.0 Å². The first-order chi connectivity index (χ1) is 8.24. The van der Waals surface area contributed by atoms with Gasteiger partial charge >= 0.3 is 0 Å². The van der Waals surface area contributed by atoms with E-state index in [-0.39, 0.29) is 11.7 Å². The van der Waals surface area contributed by atoms with Crippen LogP contribution in [0.2, 0.25) is 0 Å². The molecule has 3 nitrogen and oxygen atoms in total. The Balaban J connectivity index is 1.64. The molecule has 1 amide bonds. The number of amides is 1. The van der Waals surface area contributed by atoms with Gasteiger partial charge in [-0.25, -0.2) is 0 Å². The summed E-state index contributed by atoms with van der Waals surface area (Å²) < 4.78 is 0. The molecule has 3 heteroatoms. The van der Waals surface area contributed by atoms with Crippen LogP contribution in [0.1, 0.15) is 31.2 Å². The number of hydrogen-bond donors (Lipinski definition) is 2. The maximum Gasteiger partial charge on any atom is 0.220 e. The number of carbonyl (C=O) groups excluding carboxylic acids is 1. The zero-order valence-electron chi connectivity index (χ0n) is 9.98. The number of benzene rings is 1. The number of aromatic hydroxyl groups is 1. The topological polar surface area (TPSA) is 49.3 Å². The van der Waals surface area contributed by atoms with Gasteiger partial charge in [0.15, 0.2) is 0 Å². The summed E-state index contributed by atoms with van der Waals surface area (Å²) in [5, 5.41) is 12.1. The number of carbonyl (C=O) groups is 1. The maximum atomic E-state index is 11.5. The Morgan fingerprint density at radius 2 is 2.00 bits per heavy atom. The Labute approximate surface area is 102 Å². The first-order valence-electron chi connectivity index (χ1n) is 6.28. The first kappa shape index (κ1) is 12.0. The van der Waals surface area contributed by atoms with Crippen molar-refractivity contribution in [1.82, 2.24) is 5.32 Å². The van der Waals surface area contributed by atoms with Gasteiger partial charge in [-0.05, 0) is 42.9 Å². The normalized spacial score (nSPS) is 15.3. The molecule has 1 aliphatic rings. The molecule has 1 aromatic rings. The van der Waals surface area contributed by atoms with Gasteiger partial charge in [0.05, 0.1) is 0 Å². The molecule has 0 bridgehead atoms. The van der Waals surface area contributed by atoms with E-state index in [1.54, 1.807) is 12.1 Å². The average Bonchev–Trinajstić information content (AvgIpc) is 2.26. The minimum atomic E-state index is 0.175. The van der Waals surface area contributed by atoms with E-state index in [0.29, 0.717) is 18.9 Å². The standard InChI is InChI=1S/C14H19NO2/c16-13-6-4-11(5-7-13)8-9-15-14(17)10-12-2-1-3-12/h4-7,12,16H,1-3,8-10H2,(H,15,17). The average molecular weight is 233 g/mol. The molecule has 1 fully saturated rings. The van der Waals surface area contributed by atoms with E-state index < -0.39 is 0 Å². The lowest BCUT2D eigenvalue weighted by molar-refractivity contribution is -0.122. The molecule has 0 spiro atoms. The molecule has 2 rings (SSSR count). The monoisotopic (exact) mass is 233 g/mol. The number of hydrogen-bond acceptors (Lipinski definition) is 2. The summed E-state index contributed by atoms with van der Waals surface area (Å²) in [5.41, 5.74) is 1.13. The third kappa shape index (κ3) is 3.77. The molecule has 1 aliphatic carbocycles. The van der Waals surface area contributed by atoms with E-state index >= 15 is 0 Å². The third-order valence-corrected chi connectivity index (χ3v) is 3.37. The lowest BCUT2D eigenvalue weighted by atomic mass is 9.83. The summed E-state index contributed by atoms with van der Waals surface area (Å²) in [6.07, 6.45) is 5.22. The predicted molar refractivity (Wildman–Crippen MR) is 66.8 cm³/mol. The molecule has 0 heterocycles. The lowest BCUT2D eigenvalue weighted by Gasteiger charge is -2.24. The van der Waals surface area contributed by atoms with Crippen molar-refractivity contribution < 1.29 is 9.90 Å². The Morgan fingerprint density at radius 1 is 1.29 bits per heavy atom. The molecule has 92 valence electrons. The predicted octanol–water partition coefficient (Wildman–Crippen LogP) is 2.24. The van der Waals surface area contributed by atoms with Crippen LogP contribution in [0.4, 0.5) is 0 Å². The first-order valence-corrected chi connectivity index (χ1v) is 6.28. The van der Waals surface area contributed by atoms with Crippen molar-refractivity contribution in [3.05, 3.63) is 29.8 Å². The van der Waals surface area contributed by atoms with Gasteiger partial charge in [-0.3, -0.25) is 4.79 Å². The molecule has 2 N–H and O–H groups in total. The van der Waals surface area contributed by atoms with E-state index in [9.17, 15) is 4.79 Å². The molecule has 17 heavy (non-hydrogen) atoms. The number of phenolic OH excluding ortho intramolecular Hbond substituents is 1. The summed E-state index contributed by atoms with van der Waals surface area (Å²) in [7, 11) is 0. The highest BCUT2D eigenvalue weighted by molar-refractivity contribution is 5.76. The van der Waals surface area contributed by atoms with Gasteiger partial charge in [-0.15, -0.1) is 0 Å². The van der Waals surface area contributed by atoms with E-state index in [4.69, 9.17) is 5.11 Å². The summed E-state index contributed by atoms with van der Waals surface area (Å²) in [5.74, 6) is 1.08. The number of phenols is 1. The zero-order chi connectivity index (χ0) is 12.1. The van der Waals surface area contributed by atoms with Crippen LogP contribution in [0.5, 0.6) is 5.75 Å². The molecule has 0 unspecified atom stereocenters. The van der Waals surface area contributed by atoms with Crippen LogP contribution >= 0.6 is 0 Å². The summed E-state index contributed by atoms with van der Waals surface area (Å²) in [6.45, 7) is 0.677. The second kappa shape index (κ2) is 5.71. The lowest BCUT2D eigenvalue weighted by Crippen LogP contribution is -2.29. The van der Waals surface area contributed by atoms with Gasteiger partial charge in [0.2, 0.25) is 5.91 Å². The SMILES string of the molecule is O=C(CC1CCC1)NCCc1ccc(O)cc1. The van der Waals surface area contributed by atoms with Crippen molar-refractivity contribution in [2.45, 2.75) is 32.1 Å². The smallest absolute Gasteiger partial charge is 0.220 e. The van der Waals surface area contributed by atoms with Gasteiger partial charge in [0.25, 0.3) is 0 Å². The zero-order valence-corrected chi connectivity index (χ0v) is 9.98. The van der Waals surface area contributed by atoms with Gasteiger partial charge in [-0.2, -0.15) is 0 Å². The van der Waals surface area contributed by atoms with Gasteiger partial charge < -0.3 is 10.4 Å². The van der Waals surface area contributed by atoms with Crippen LogP contribution in [0, 0.1) is 5.92 Å². The van der Waals surface area contributed by atoms with Gasteiger partial charge in [0.1, 0.15) is 5.75 Å². The second-order valence-corrected chi connectivity index (χ2v) is 4.77. The summed E-state index contributed by atoms with van der Waals surface area (Å²) in [6, 6.07) is 7.11. The molecule has 0 aliphatic heterocycles. The fraction of sp³-hybridized carbons (Fsp3) is 0.500. The fourth-order valence-corrected chi connectivity index (χ4v) is 2.04. The highest BCUT2D eigenvalue weighted by Gasteiger charge is 2.20. The fourth-order valence-electron chi connectivity index (χ4n) is 2.04. The van der Waals surface area contributed by atoms with E-state index in [1.807, 2.05) is 12.1 Å². The van der Waals surface area contributed by atoms with Crippen LogP contribution in [-0.2, 0) is 11.2 Å². The van der Waals surface area contributed by atoms with Crippen molar-refractivity contribution in [2.75, 3.05) is 6.54 Å². The van der Waals surface area contributed by atoms with Crippen molar-refractivity contribution in [3.8, 4) is 5.75 Å². The highest BCUT2D eigenvalue weighted by atomic mass is 16.3. The Hall–Kier alpha value is -1.51.